The first-order valence-corrected chi connectivity index (χ1v) is 9.30. The Bertz CT molecular complexity index is 405. The Hall–Kier alpha value is -0.430. The number of carbonyl (C=O) groups excluding carboxylic acids is 1. The number of urea groups is 1. The normalized spacial score (nSPS) is 28.6. The molecule has 0 spiro atoms. The third-order valence-electron chi connectivity index (χ3n) is 3.54. The summed E-state index contributed by atoms with van der Waals surface area (Å²) < 4.78 is 22.8. The topological polar surface area (TPSA) is 66.5 Å². The molecule has 2 saturated heterocycles. The highest BCUT2D eigenvalue weighted by Crippen LogP contribution is 2.25. The maximum absolute atomic E-state index is 11.9. The fourth-order valence-electron chi connectivity index (χ4n) is 2.38. The number of nitrogens with one attached hydrogen (secondary N) is 1. The van der Waals surface area contributed by atoms with E-state index in [0.29, 0.717) is 31.3 Å². The number of amides is 2. The number of hydrogen-bond acceptors (Lipinski definition) is 4. The zero-order valence-electron chi connectivity index (χ0n) is 10.6. The summed E-state index contributed by atoms with van der Waals surface area (Å²) in [6.45, 7) is 1.58. The molecule has 2 amide bonds. The minimum Gasteiger partial charge on any atom is -0.337 e. The van der Waals surface area contributed by atoms with E-state index < -0.39 is 9.84 Å². The fraction of sp³-hybridized carbons (Fsp3) is 0.909. The van der Waals surface area contributed by atoms with Crippen LogP contribution >= 0.6 is 11.8 Å². The van der Waals surface area contributed by atoms with E-state index >= 15 is 0 Å². The van der Waals surface area contributed by atoms with E-state index in [-0.39, 0.29) is 11.3 Å². The van der Waals surface area contributed by atoms with Crippen LogP contribution in [0, 0.1) is 0 Å². The van der Waals surface area contributed by atoms with Crippen molar-refractivity contribution in [3.05, 3.63) is 0 Å². The predicted octanol–water partition coefficient (Wildman–Crippen LogP) is 0.711. The monoisotopic (exact) mass is 292 g/mol. The first-order chi connectivity index (χ1) is 8.47. The van der Waals surface area contributed by atoms with Crippen molar-refractivity contribution < 1.29 is 13.2 Å². The van der Waals surface area contributed by atoms with Crippen LogP contribution in [0.1, 0.15) is 19.3 Å². The van der Waals surface area contributed by atoms with Gasteiger partial charge in [0.05, 0.1) is 5.25 Å². The second-order valence-corrected chi connectivity index (χ2v) is 8.74. The number of thioether (sulfide) groups is 1. The third kappa shape index (κ3) is 3.54. The number of rotatable bonds is 3. The van der Waals surface area contributed by atoms with Gasteiger partial charge in [0.1, 0.15) is 0 Å². The summed E-state index contributed by atoms with van der Waals surface area (Å²) in [5.74, 6) is 1.18. The SMILES string of the molecule is CS(=O)(=O)[C@@H]1CCN(C(=O)NC[C@H]2CCCS2)C1. The van der Waals surface area contributed by atoms with Crippen molar-refractivity contribution >= 4 is 27.6 Å². The molecule has 104 valence electrons. The van der Waals surface area contributed by atoms with Gasteiger partial charge in [-0.3, -0.25) is 0 Å². The molecule has 0 radical (unpaired) electrons. The van der Waals surface area contributed by atoms with Crippen LogP contribution in [-0.2, 0) is 9.84 Å². The van der Waals surface area contributed by atoms with E-state index in [1.807, 2.05) is 11.8 Å². The highest BCUT2D eigenvalue weighted by Gasteiger charge is 2.32. The molecule has 2 aliphatic rings. The summed E-state index contributed by atoms with van der Waals surface area (Å²) in [5, 5.41) is 3.05. The average molecular weight is 292 g/mol. The molecule has 2 fully saturated rings. The molecule has 2 atom stereocenters. The van der Waals surface area contributed by atoms with Gasteiger partial charge in [-0.15, -0.1) is 0 Å². The van der Waals surface area contributed by atoms with Crippen molar-refractivity contribution in [3.8, 4) is 0 Å². The first-order valence-electron chi connectivity index (χ1n) is 6.30. The van der Waals surface area contributed by atoms with E-state index in [1.54, 1.807) is 4.90 Å². The zero-order valence-corrected chi connectivity index (χ0v) is 12.2. The van der Waals surface area contributed by atoms with E-state index in [1.165, 1.54) is 18.4 Å². The fourth-order valence-corrected chi connectivity index (χ4v) is 4.57. The van der Waals surface area contributed by atoms with Gasteiger partial charge in [-0.1, -0.05) is 0 Å². The maximum Gasteiger partial charge on any atom is 0.317 e. The highest BCUT2D eigenvalue weighted by atomic mass is 32.2. The van der Waals surface area contributed by atoms with E-state index in [0.717, 1.165) is 6.42 Å². The smallest absolute Gasteiger partial charge is 0.317 e. The van der Waals surface area contributed by atoms with Gasteiger partial charge in [0.25, 0.3) is 0 Å². The molecule has 1 N–H and O–H groups in total. The number of hydrogen-bond donors (Lipinski definition) is 1. The van der Waals surface area contributed by atoms with Crippen molar-refractivity contribution in [3.63, 3.8) is 0 Å². The first kappa shape index (κ1) is 14.0. The molecular formula is C11H20N2O3S2. The van der Waals surface area contributed by atoms with Crippen LogP contribution in [0.5, 0.6) is 0 Å². The Morgan fingerprint density at radius 1 is 1.44 bits per heavy atom. The van der Waals surface area contributed by atoms with Gasteiger partial charge >= 0.3 is 6.03 Å². The Morgan fingerprint density at radius 2 is 2.22 bits per heavy atom. The molecule has 0 aliphatic carbocycles. The number of carbonyl (C=O) groups is 1. The summed E-state index contributed by atoms with van der Waals surface area (Å²) in [4.78, 5) is 13.5. The molecule has 2 aliphatic heterocycles. The summed E-state index contributed by atoms with van der Waals surface area (Å²) in [6.07, 6.45) is 4.20. The van der Waals surface area contributed by atoms with Crippen molar-refractivity contribution in [1.82, 2.24) is 10.2 Å². The molecule has 7 heteroatoms. The van der Waals surface area contributed by atoms with Crippen LogP contribution in [0.4, 0.5) is 4.79 Å². The lowest BCUT2D eigenvalue weighted by Gasteiger charge is -2.18. The lowest BCUT2D eigenvalue weighted by molar-refractivity contribution is 0.209. The van der Waals surface area contributed by atoms with E-state index in [2.05, 4.69) is 5.32 Å². The molecule has 0 aromatic heterocycles. The summed E-state index contributed by atoms with van der Waals surface area (Å²) >= 11 is 1.90. The Kier molecular flexibility index (Phi) is 4.42. The number of likely N-dealkylation sites (tertiary alicyclic amines) is 1. The van der Waals surface area contributed by atoms with Gasteiger partial charge in [0.15, 0.2) is 9.84 Å². The molecule has 2 heterocycles. The summed E-state index contributed by atoms with van der Waals surface area (Å²) in [6, 6.07) is -0.117. The van der Waals surface area contributed by atoms with Crippen LogP contribution < -0.4 is 5.32 Å². The van der Waals surface area contributed by atoms with Crippen molar-refractivity contribution in [2.45, 2.75) is 29.8 Å². The van der Waals surface area contributed by atoms with Gasteiger partial charge in [-0.05, 0) is 25.0 Å². The molecule has 0 unspecified atom stereocenters. The number of nitrogens with zero attached hydrogens (tertiary/aromatic N) is 1. The van der Waals surface area contributed by atoms with Crippen LogP contribution in [0.15, 0.2) is 0 Å². The zero-order chi connectivity index (χ0) is 13.2. The lowest BCUT2D eigenvalue weighted by atomic mass is 10.2. The summed E-state index contributed by atoms with van der Waals surface area (Å²) in [5.41, 5.74) is 0. The lowest BCUT2D eigenvalue weighted by Crippen LogP contribution is -2.41. The second-order valence-electron chi connectivity index (χ2n) is 5.01. The van der Waals surface area contributed by atoms with Crippen LogP contribution in [0.2, 0.25) is 0 Å². The molecule has 5 nitrogen and oxygen atoms in total. The maximum atomic E-state index is 11.9. The largest absolute Gasteiger partial charge is 0.337 e. The van der Waals surface area contributed by atoms with E-state index in [9.17, 15) is 13.2 Å². The quantitative estimate of drug-likeness (QED) is 0.832. The Balaban J connectivity index is 1.76. The van der Waals surface area contributed by atoms with Crippen LogP contribution in [-0.4, -0.2) is 61.5 Å². The molecular weight excluding hydrogens is 272 g/mol. The van der Waals surface area contributed by atoms with E-state index in [4.69, 9.17) is 0 Å². The van der Waals surface area contributed by atoms with Gasteiger partial charge < -0.3 is 10.2 Å². The average Bonchev–Trinajstić information content (AvgIpc) is 2.96. The highest BCUT2D eigenvalue weighted by molar-refractivity contribution is 8.00. The Labute approximate surface area is 113 Å². The molecule has 0 bridgehead atoms. The van der Waals surface area contributed by atoms with Gasteiger partial charge in [0, 0.05) is 31.1 Å². The third-order valence-corrected chi connectivity index (χ3v) is 6.54. The molecule has 0 aromatic carbocycles. The van der Waals surface area contributed by atoms with Gasteiger partial charge in [-0.25, -0.2) is 13.2 Å². The number of sulfone groups is 1. The van der Waals surface area contributed by atoms with Crippen molar-refractivity contribution in [2.24, 2.45) is 0 Å². The molecule has 2 rings (SSSR count). The second kappa shape index (κ2) is 5.69. The molecule has 0 aromatic rings. The van der Waals surface area contributed by atoms with Gasteiger partial charge in [0.2, 0.25) is 0 Å². The van der Waals surface area contributed by atoms with Crippen molar-refractivity contribution in [1.29, 1.82) is 0 Å². The Morgan fingerprint density at radius 3 is 2.78 bits per heavy atom. The minimum atomic E-state index is -3.03. The standard InChI is InChI=1S/C11H20N2O3S2/c1-18(15,16)10-4-5-13(8-10)11(14)12-7-9-3-2-6-17-9/h9-10H,2-8H2,1H3,(H,12,14)/t9-,10-/m1/s1. The molecule has 0 saturated carbocycles. The minimum absolute atomic E-state index is 0.117. The van der Waals surface area contributed by atoms with Crippen molar-refractivity contribution in [2.75, 3.05) is 31.6 Å². The van der Waals surface area contributed by atoms with Gasteiger partial charge in [-0.2, -0.15) is 11.8 Å². The van der Waals surface area contributed by atoms with Crippen LogP contribution in [0.3, 0.4) is 0 Å². The van der Waals surface area contributed by atoms with Crippen LogP contribution in [0.25, 0.3) is 0 Å². The summed E-state index contributed by atoms with van der Waals surface area (Å²) in [7, 11) is -3.03. The molecule has 18 heavy (non-hydrogen) atoms. The predicted molar refractivity (Wildman–Crippen MR) is 73.7 cm³/mol.